The lowest BCUT2D eigenvalue weighted by molar-refractivity contribution is 0.157. The van der Waals surface area contributed by atoms with E-state index in [0.717, 1.165) is 22.6 Å². The molecule has 1 amide bonds. The van der Waals surface area contributed by atoms with Crippen LogP contribution in [0.15, 0.2) is 28.1 Å². The van der Waals surface area contributed by atoms with Gasteiger partial charge in [0.25, 0.3) is 0 Å². The predicted octanol–water partition coefficient (Wildman–Crippen LogP) is 4.65. The van der Waals surface area contributed by atoms with Crippen LogP contribution in [0.1, 0.15) is 51.2 Å². The minimum atomic E-state index is -0.832. The van der Waals surface area contributed by atoms with Gasteiger partial charge in [0.1, 0.15) is 29.1 Å². The molecule has 0 saturated carbocycles. The van der Waals surface area contributed by atoms with Gasteiger partial charge in [-0.3, -0.25) is 0 Å². The first kappa shape index (κ1) is 20.2. The lowest BCUT2D eigenvalue weighted by Crippen LogP contribution is -2.16. The van der Waals surface area contributed by atoms with Gasteiger partial charge in [0, 0.05) is 23.4 Å². The van der Waals surface area contributed by atoms with E-state index in [0.29, 0.717) is 11.3 Å². The minimum absolute atomic E-state index is 0.0690. The maximum absolute atomic E-state index is 13.6. The van der Waals surface area contributed by atoms with Crippen LogP contribution in [-0.4, -0.2) is 22.3 Å². The van der Waals surface area contributed by atoms with E-state index >= 15 is 0 Å². The molecule has 0 bridgehead atoms. The zero-order chi connectivity index (χ0) is 19.4. The zero-order valence-electron chi connectivity index (χ0n) is 15.3. The average Bonchev–Trinajstić information content (AvgIpc) is 2.84. The molecule has 2 aromatic rings. The number of hydrogen-bond donors (Lipinski definition) is 1. The molecule has 2 rings (SSSR count). The second kappa shape index (κ2) is 8.53. The molecule has 142 valence electrons. The third kappa shape index (κ3) is 4.97. The molecular formula is C18H23F2N3O2S. The Morgan fingerprint density at radius 1 is 1.23 bits per heavy atom. The van der Waals surface area contributed by atoms with Crippen LogP contribution in [0.4, 0.5) is 13.6 Å². The van der Waals surface area contributed by atoms with Gasteiger partial charge in [0.2, 0.25) is 0 Å². The van der Waals surface area contributed by atoms with Crippen molar-refractivity contribution in [2.75, 3.05) is 6.61 Å². The number of aromatic nitrogens is 2. The van der Waals surface area contributed by atoms with Crippen molar-refractivity contribution < 1.29 is 18.3 Å². The van der Waals surface area contributed by atoms with Crippen molar-refractivity contribution in [3.05, 3.63) is 41.4 Å². The van der Waals surface area contributed by atoms with Crippen LogP contribution >= 0.6 is 11.8 Å². The minimum Gasteiger partial charge on any atom is -0.449 e. The Morgan fingerprint density at radius 3 is 2.35 bits per heavy atom. The number of primary amides is 1. The molecule has 0 aliphatic carbocycles. The molecule has 0 aliphatic heterocycles. The first-order chi connectivity index (χ1) is 12.2. The lowest BCUT2D eigenvalue weighted by atomic mass is 10.1. The summed E-state index contributed by atoms with van der Waals surface area (Å²) in [6.45, 7) is 8.13. The Bertz CT molecular complexity index is 771. The quantitative estimate of drug-likeness (QED) is 0.755. The average molecular weight is 383 g/mol. The third-order valence-corrected chi connectivity index (χ3v) is 4.72. The molecule has 0 fully saturated rings. The van der Waals surface area contributed by atoms with E-state index in [1.165, 1.54) is 23.9 Å². The second-order valence-electron chi connectivity index (χ2n) is 6.46. The van der Waals surface area contributed by atoms with Gasteiger partial charge in [0.05, 0.1) is 5.69 Å². The molecular weight excluding hydrogens is 360 g/mol. The highest BCUT2D eigenvalue weighted by atomic mass is 32.2. The number of benzene rings is 1. The number of carbonyl (C=O) groups is 1. The van der Waals surface area contributed by atoms with Gasteiger partial charge in [-0.2, -0.15) is 0 Å². The number of carbonyl (C=O) groups excluding carboxylic acids is 1. The van der Waals surface area contributed by atoms with Gasteiger partial charge in [-0.05, 0) is 31.9 Å². The van der Waals surface area contributed by atoms with Gasteiger partial charge in [-0.1, -0.05) is 25.6 Å². The summed E-state index contributed by atoms with van der Waals surface area (Å²) in [5.41, 5.74) is 5.84. The first-order valence-electron chi connectivity index (χ1n) is 8.36. The van der Waals surface area contributed by atoms with Gasteiger partial charge in [0.15, 0.2) is 0 Å². The Hall–Kier alpha value is -2.09. The molecule has 0 saturated heterocycles. The van der Waals surface area contributed by atoms with Gasteiger partial charge in [-0.25, -0.2) is 18.6 Å². The van der Waals surface area contributed by atoms with E-state index < -0.39 is 17.7 Å². The predicted molar refractivity (Wildman–Crippen MR) is 96.4 cm³/mol. The van der Waals surface area contributed by atoms with Gasteiger partial charge >= 0.3 is 6.09 Å². The monoisotopic (exact) mass is 383 g/mol. The van der Waals surface area contributed by atoms with Crippen LogP contribution in [0.5, 0.6) is 0 Å². The Labute approximate surface area is 155 Å². The molecule has 26 heavy (non-hydrogen) atoms. The molecule has 1 heterocycles. The summed E-state index contributed by atoms with van der Waals surface area (Å²) < 4.78 is 33.9. The van der Waals surface area contributed by atoms with Crippen LogP contribution in [0, 0.1) is 11.6 Å². The molecule has 2 N–H and O–H groups in total. The Morgan fingerprint density at radius 2 is 1.85 bits per heavy atom. The van der Waals surface area contributed by atoms with Crippen LogP contribution in [0.25, 0.3) is 0 Å². The number of nitrogens with two attached hydrogens (primary N) is 1. The molecule has 5 nitrogen and oxygen atoms in total. The number of halogens is 2. The Kier molecular flexibility index (Phi) is 6.63. The highest BCUT2D eigenvalue weighted by molar-refractivity contribution is 7.99. The number of amides is 1. The van der Waals surface area contributed by atoms with E-state index in [4.69, 9.17) is 15.5 Å². The van der Waals surface area contributed by atoms with Crippen molar-refractivity contribution >= 4 is 17.9 Å². The van der Waals surface area contributed by atoms with Crippen LogP contribution < -0.4 is 5.73 Å². The smallest absolute Gasteiger partial charge is 0.404 e. The number of nitrogens with zero attached hydrogens (tertiary/aromatic N) is 2. The van der Waals surface area contributed by atoms with Gasteiger partial charge in [-0.15, -0.1) is 0 Å². The normalized spacial score (nSPS) is 11.4. The van der Waals surface area contributed by atoms with Gasteiger partial charge < -0.3 is 15.0 Å². The van der Waals surface area contributed by atoms with Crippen LogP contribution in [-0.2, 0) is 11.2 Å². The SMILES string of the molecule is CC(C)c1nc(CCOC(N)=O)n(C(C)C)c1Sc1cc(F)cc(F)c1. The fourth-order valence-corrected chi connectivity index (χ4v) is 3.98. The van der Waals surface area contributed by atoms with Crippen LogP contribution in [0.2, 0.25) is 0 Å². The van der Waals surface area contributed by atoms with Crippen LogP contribution in [0.3, 0.4) is 0 Å². The molecule has 0 atom stereocenters. The molecule has 0 unspecified atom stereocenters. The largest absolute Gasteiger partial charge is 0.449 e. The summed E-state index contributed by atoms with van der Waals surface area (Å²) in [7, 11) is 0. The number of imidazole rings is 1. The fraction of sp³-hybridized carbons (Fsp3) is 0.444. The maximum Gasteiger partial charge on any atom is 0.404 e. The lowest BCUT2D eigenvalue weighted by Gasteiger charge is -2.16. The zero-order valence-corrected chi connectivity index (χ0v) is 16.1. The summed E-state index contributed by atoms with van der Waals surface area (Å²) in [4.78, 5) is 15.9. The van der Waals surface area contributed by atoms with E-state index in [-0.39, 0.29) is 18.6 Å². The maximum atomic E-state index is 13.6. The Balaban J connectivity index is 2.44. The molecule has 1 aromatic heterocycles. The van der Waals surface area contributed by atoms with Crippen molar-refractivity contribution in [3.8, 4) is 0 Å². The summed E-state index contributed by atoms with van der Waals surface area (Å²) in [5, 5.41) is 0.828. The van der Waals surface area contributed by atoms with Crippen molar-refractivity contribution in [1.82, 2.24) is 9.55 Å². The molecule has 0 aliphatic rings. The van der Waals surface area contributed by atoms with Crippen molar-refractivity contribution in [3.63, 3.8) is 0 Å². The first-order valence-corrected chi connectivity index (χ1v) is 9.17. The number of hydrogen-bond acceptors (Lipinski definition) is 4. The highest BCUT2D eigenvalue weighted by Gasteiger charge is 2.22. The summed E-state index contributed by atoms with van der Waals surface area (Å²) in [5.74, 6) is -0.385. The third-order valence-electron chi connectivity index (χ3n) is 3.65. The fourth-order valence-electron chi connectivity index (χ4n) is 2.61. The topological polar surface area (TPSA) is 70.1 Å². The van der Waals surface area contributed by atoms with E-state index in [1.807, 2.05) is 32.3 Å². The van der Waals surface area contributed by atoms with Crippen molar-refractivity contribution in [2.45, 2.75) is 56.0 Å². The van der Waals surface area contributed by atoms with E-state index in [9.17, 15) is 13.6 Å². The van der Waals surface area contributed by atoms with Crippen molar-refractivity contribution in [2.24, 2.45) is 5.73 Å². The summed E-state index contributed by atoms with van der Waals surface area (Å²) in [6, 6.07) is 3.51. The number of ether oxygens (including phenoxy) is 1. The number of rotatable bonds is 7. The van der Waals surface area contributed by atoms with E-state index in [1.54, 1.807) is 0 Å². The molecule has 8 heteroatoms. The second-order valence-corrected chi connectivity index (χ2v) is 7.52. The van der Waals surface area contributed by atoms with Crippen molar-refractivity contribution in [1.29, 1.82) is 0 Å². The highest BCUT2D eigenvalue weighted by Crippen LogP contribution is 2.37. The molecule has 0 spiro atoms. The molecule has 1 aromatic carbocycles. The van der Waals surface area contributed by atoms with E-state index in [2.05, 4.69) is 0 Å². The molecule has 0 radical (unpaired) electrons. The standard InChI is InChI=1S/C18H23F2N3O2S/c1-10(2)16-17(26-14-8-12(19)7-13(20)9-14)23(11(3)4)15(22-16)5-6-25-18(21)24/h7-11H,5-6H2,1-4H3,(H2,21,24). The summed E-state index contributed by atoms with van der Waals surface area (Å²) >= 11 is 1.27. The summed E-state index contributed by atoms with van der Waals surface area (Å²) in [6.07, 6.45) is -0.430.